The van der Waals surface area contributed by atoms with E-state index in [9.17, 15) is 32.7 Å². The Hall–Kier alpha value is -4.79. The van der Waals surface area contributed by atoms with Crippen molar-refractivity contribution in [3.63, 3.8) is 0 Å². The predicted octanol–water partition coefficient (Wildman–Crippen LogP) is 4.34. The zero-order chi connectivity index (χ0) is 34.7. The van der Waals surface area contributed by atoms with Crippen molar-refractivity contribution in [2.75, 3.05) is 37.4 Å². The van der Waals surface area contributed by atoms with Crippen LogP contribution < -0.4 is 15.6 Å². The minimum absolute atomic E-state index is 0.00192. The fourth-order valence-corrected chi connectivity index (χ4v) is 6.86. The van der Waals surface area contributed by atoms with Gasteiger partial charge >= 0.3 is 6.18 Å². The first kappa shape index (κ1) is 33.1. The zero-order valence-corrected chi connectivity index (χ0v) is 27.3. The standard InChI is InChI=1S/C32H32ClF3N8O4/c1-5-21-24(31-8-9-43(13-18(31)11-31)30(48)26-27(46)16(2)38-15-39-26)28(47)25-29(37-12-22(41-25)42(3)4)44(21)14-23(45)40-20-7-6-17(10-19(20)33)32(34,35)36/h6-7,10,12,15,18,46H,5,8-9,11,13-14H2,1-4H3,(H,40,45)/t18-,31+/m0/s1. The number of aryl methyl sites for hydroxylation is 1. The number of aromatic hydroxyl groups is 1. The van der Waals surface area contributed by atoms with Crippen molar-refractivity contribution in [1.82, 2.24) is 29.4 Å². The Morgan fingerprint density at radius 3 is 2.60 bits per heavy atom. The van der Waals surface area contributed by atoms with E-state index in [1.165, 1.54) is 12.5 Å². The Labute approximate surface area is 277 Å². The molecule has 0 bridgehead atoms. The number of pyridine rings is 1. The van der Waals surface area contributed by atoms with Gasteiger partial charge in [0.2, 0.25) is 11.3 Å². The summed E-state index contributed by atoms with van der Waals surface area (Å²) in [7, 11) is 3.52. The second-order valence-corrected chi connectivity index (χ2v) is 12.7. The SMILES string of the molecule is CCc1c([C@@]23CCN(C(=O)c4ncnc(C)c4O)C[C@@H]2C3)c(=O)c2nc(N(C)C)cnc2n1CC(=O)Nc1ccc(C(F)(F)F)cc1Cl. The molecule has 1 aliphatic heterocycles. The Morgan fingerprint density at radius 2 is 1.96 bits per heavy atom. The van der Waals surface area contributed by atoms with Crippen molar-refractivity contribution in [3.05, 3.63) is 74.2 Å². The maximum atomic E-state index is 14.3. The molecule has 4 aromatic rings. The summed E-state index contributed by atoms with van der Waals surface area (Å²) < 4.78 is 41.1. The zero-order valence-electron chi connectivity index (χ0n) is 26.5. The number of carbonyl (C=O) groups excluding carboxylic acids is 2. The van der Waals surface area contributed by atoms with Crippen molar-refractivity contribution in [2.24, 2.45) is 5.92 Å². The summed E-state index contributed by atoms with van der Waals surface area (Å²) in [6, 6.07) is 2.66. The van der Waals surface area contributed by atoms with Crippen molar-refractivity contribution in [3.8, 4) is 5.75 Å². The lowest BCUT2D eigenvalue weighted by Crippen LogP contribution is -2.43. The molecule has 3 aromatic heterocycles. The number of carbonyl (C=O) groups is 2. The lowest BCUT2D eigenvalue weighted by atomic mass is 9.84. The van der Waals surface area contributed by atoms with E-state index in [1.54, 1.807) is 35.4 Å². The van der Waals surface area contributed by atoms with E-state index in [-0.39, 0.29) is 51.2 Å². The van der Waals surface area contributed by atoms with E-state index in [0.717, 1.165) is 18.2 Å². The number of nitrogens with zero attached hydrogens (tertiary/aromatic N) is 7. The topological polar surface area (TPSA) is 146 Å². The van der Waals surface area contributed by atoms with Gasteiger partial charge in [-0.25, -0.2) is 19.9 Å². The molecular weight excluding hydrogens is 653 g/mol. The quantitative estimate of drug-likeness (QED) is 0.290. The molecule has 4 heterocycles. The highest BCUT2D eigenvalue weighted by Gasteiger charge is 2.60. The molecule has 6 rings (SSSR count). The molecule has 0 unspecified atom stereocenters. The molecule has 2 aliphatic rings. The molecule has 16 heteroatoms. The number of anilines is 2. The smallest absolute Gasteiger partial charge is 0.416 e. The highest BCUT2D eigenvalue weighted by Crippen LogP contribution is 2.59. The van der Waals surface area contributed by atoms with E-state index in [0.29, 0.717) is 55.1 Å². The Kier molecular flexibility index (Phi) is 8.30. The van der Waals surface area contributed by atoms with Crippen LogP contribution in [0.5, 0.6) is 5.75 Å². The fourth-order valence-electron chi connectivity index (χ4n) is 6.64. The molecule has 1 saturated heterocycles. The molecule has 12 nitrogen and oxygen atoms in total. The summed E-state index contributed by atoms with van der Waals surface area (Å²) in [5.74, 6) is -0.926. The van der Waals surface area contributed by atoms with Gasteiger partial charge in [0.05, 0.1) is 28.2 Å². The Morgan fingerprint density at radius 1 is 1.21 bits per heavy atom. The number of amides is 2. The van der Waals surface area contributed by atoms with Crippen LogP contribution in [0.2, 0.25) is 5.02 Å². The summed E-state index contributed by atoms with van der Waals surface area (Å²) in [6.07, 6.45) is -0.448. The van der Waals surface area contributed by atoms with Gasteiger partial charge in [-0.1, -0.05) is 18.5 Å². The maximum absolute atomic E-state index is 14.3. The van der Waals surface area contributed by atoms with Gasteiger partial charge in [-0.3, -0.25) is 14.4 Å². The molecule has 2 amide bonds. The minimum atomic E-state index is -4.60. The van der Waals surface area contributed by atoms with Gasteiger partial charge in [-0.15, -0.1) is 0 Å². The van der Waals surface area contributed by atoms with Gasteiger partial charge < -0.3 is 24.8 Å². The molecule has 48 heavy (non-hydrogen) atoms. The highest BCUT2D eigenvalue weighted by molar-refractivity contribution is 6.33. The first-order chi connectivity index (χ1) is 22.7. The van der Waals surface area contributed by atoms with Crippen LogP contribution in [-0.4, -0.2) is 73.5 Å². The van der Waals surface area contributed by atoms with E-state index in [4.69, 9.17) is 11.6 Å². The Bertz CT molecular complexity index is 2040. The first-order valence-corrected chi connectivity index (χ1v) is 15.6. The summed E-state index contributed by atoms with van der Waals surface area (Å²) in [5.41, 5.74) is -0.251. The third-order valence-electron chi connectivity index (χ3n) is 9.21. The molecule has 1 aliphatic carbocycles. The van der Waals surface area contributed by atoms with Crippen molar-refractivity contribution in [1.29, 1.82) is 0 Å². The van der Waals surface area contributed by atoms with E-state index >= 15 is 0 Å². The average Bonchev–Trinajstić information content (AvgIpc) is 3.77. The van der Waals surface area contributed by atoms with E-state index in [1.807, 2.05) is 6.92 Å². The van der Waals surface area contributed by atoms with Gasteiger partial charge in [0.1, 0.15) is 18.7 Å². The molecule has 1 aromatic carbocycles. The largest absolute Gasteiger partial charge is 0.504 e. The van der Waals surface area contributed by atoms with Gasteiger partial charge in [-0.05, 0) is 50.3 Å². The molecule has 0 spiro atoms. The molecule has 2 N–H and O–H groups in total. The fraction of sp³-hybridized carbons (Fsp3) is 0.406. The van der Waals surface area contributed by atoms with Crippen LogP contribution in [0.3, 0.4) is 0 Å². The Balaban J connectivity index is 1.37. The van der Waals surface area contributed by atoms with Crippen LogP contribution >= 0.6 is 11.6 Å². The number of hydrogen-bond acceptors (Lipinski definition) is 9. The number of fused-ring (bicyclic) bond motifs is 2. The van der Waals surface area contributed by atoms with Crippen LogP contribution in [0, 0.1) is 12.8 Å². The predicted molar refractivity (Wildman–Crippen MR) is 171 cm³/mol. The van der Waals surface area contributed by atoms with Crippen molar-refractivity contribution >= 4 is 46.1 Å². The van der Waals surface area contributed by atoms with Crippen LogP contribution in [0.1, 0.15) is 52.8 Å². The molecular formula is C32H32ClF3N8O4. The number of nitrogens with one attached hydrogen (secondary N) is 1. The molecule has 252 valence electrons. The number of rotatable bonds is 7. The number of piperidine rings is 1. The summed E-state index contributed by atoms with van der Waals surface area (Å²) in [6.45, 7) is 3.75. The first-order valence-electron chi connectivity index (χ1n) is 15.2. The van der Waals surface area contributed by atoms with Gasteiger partial charge in [0.25, 0.3) is 5.91 Å². The van der Waals surface area contributed by atoms with Gasteiger partial charge in [0, 0.05) is 43.9 Å². The number of hydrogen-bond donors (Lipinski definition) is 2. The molecule has 1 saturated carbocycles. The highest BCUT2D eigenvalue weighted by atomic mass is 35.5. The van der Waals surface area contributed by atoms with Crippen molar-refractivity contribution < 1.29 is 27.9 Å². The summed E-state index contributed by atoms with van der Waals surface area (Å²) >= 11 is 6.11. The number of halogens is 4. The average molecular weight is 685 g/mol. The van der Waals surface area contributed by atoms with Crippen LogP contribution in [0.15, 0.2) is 35.5 Å². The maximum Gasteiger partial charge on any atom is 0.416 e. The van der Waals surface area contributed by atoms with E-state index in [2.05, 4.69) is 25.3 Å². The number of alkyl halides is 3. The normalized spacial score (nSPS) is 18.8. The van der Waals surface area contributed by atoms with Gasteiger partial charge in [-0.2, -0.15) is 13.2 Å². The lowest BCUT2D eigenvalue weighted by molar-refractivity contribution is -0.137. The second-order valence-electron chi connectivity index (χ2n) is 12.3. The van der Waals surface area contributed by atoms with Crippen LogP contribution in [0.4, 0.5) is 24.7 Å². The third kappa shape index (κ3) is 5.69. The second kappa shape index (κ2) is 12.0. The van der Waals surface area contributed by atoms with Crippen LogP contribution in [-0.2, 0) is 29.4 Å². The van der Waals surface area contributed by atoms with Crippen molar-refractivity contribution in [2.45, 2.75) is 51.2 Å². The number of likely N-dealkylation sites (tertiary alicyclic amines) is 1. The molecule has 2 atom stereocenters. The third-order valence-corrected chi connectivity index (χ3v) is 9.52. The monoisotopic (exact) mass is 684 g/mol. The van der Waals surface area contributed by atoms with E-state index < -0.39 is 29.0 Å². The number of benzene rings is 1. The number of aromatic nitrogens is 5. The summed E-state index contributed by atoms with van der Waals surface area (Å²) in [4.78, 5) is 61.5. The molecule has 0 radical (unpaired) electrons. The molecule has 2 fully saturated rings. The van der Waals surface area contributed by atoms with Gasteiger partial charge in [0.15, 0.2) is 22.6 Å². The minimum Gasteiger partial charge on any atom is -0.504 e. The lowest BCUT2D eigenvalue weighted by Gasteiger charge is -2.33. The van der Waals surface area contributed by atoms with Crippen LogP contribution in [0.25, 0.3) is 11.2 Å². The summed E-state index contributed by atoms with van der Waals surface area (Å²) in [5, 5.41) is 12.7.